The van der Waals surface area contributed by atoms with Crippen LogP contribution in [0.3, 0.4) is 0 Å². The highest BCUT2D eigenvalue weighted by molar-refractivity contribution is 5.94. The third kappa shape index (κ3) is 4.54. The molecule has 0 fully saturated rings. The molecule has 3 amide bonds. The van der Waals surface area contributed by atoms with Crippen LogP contribution < -0.4 is 21.6 Å². The van der Waals surface area contributed by atoms with Gasteiger partial charge in [-0.05, 0) is 39.2 Å². The van der Waals surface area contributed by atoms with Crippen LogP contribution >= 0.6 is 0 Å². The number of para-hydroxylation sites is 1. The lowest BCUT2D eigenvalue weighted by molar-refractivity contribution is 0.0938. The molecule has 0 spiro atoms. The zero-order valence-electron chi connectivity index (χ0n) is 14.5. The van der Waals surface area contributed by atoms with E-state index in [0.29, 0.717) is 17.4 Å². The second-order valence-electron chi connectivity index (χ2n) is 5.70. The minimum Gasteiger partial charge on any atom is -0.349 e. The minimum atomic E-state index is -0.624. The van der Waals surface area contributed by atoms with Gasteiger partial charge in [0.15, 0.2) is 0 Å². The van der Waals surface area contributed by atoms with Crippen molar-refractivity contribution in [3.8, 4) is 0 Å². The van der Waals surface area contributed by atoms with Gasteiger partial charge in [-0.15, -0.1) is 0 Å². The molecule has 0 atom stereocenters. The summed E-state index contributed by atoms with van der Waals surface area (Å²) in [4.78, 5) is 42.9. The summed E-state index contributed by atoms with van der Waals surface area (Å²) in [7, 11) is 5.30. The van der Waals surface area contributed by atoms with Crippen molar-refractivity contribution < 1.29 is 9.59 Å². The molecule has 1 aromatic heterocycles. The summed E-state index contributed by atoms with van der Waals surface area (Å²) < 4.78 is 0.864. The first-order chi connectivity index (χ1) is 11.9. The van der Waals surface area contributed by atoms with Crippen molar-refractivity contribution in [1.29, 1.82) is 0 Å². The number of urea groups is 1. The highest BCUT2D eigenvalue weighted by Crippen LogP contribution is 2.07. The highest BCUT2D eigenvalue weighted by atomic mass is 16.2. The van der Waals surface area contributed by atoms with Crippen LogP contribution in [0, 0.1) is 0 Å². The molecule has 0 radical (unpaired) electrons. The molecule has 1 heterocycles. The number of fused-ring (bicyclic) bond motifs is 1. The summed E-state index contributed by atoms with van der Waals surface area (Å²) in [6.45, 7) is 1.24. The first kappa shape index (κ1) is 18.4. The number of aromatic nitrogens is 2. The third-order valence-electron chi connectivity index (χ3n) is 3.49. The van der Waals surface area contributed by atoms with Gasteiger partial charge in [0.05, 0.1) is 10.9 Å². The highest BCUT2D eigenvalue weighted by Gasteiger charge is 2.18. The molecule has 25 heavy (non-hydrogen) atoms. The lowest BCUT2D eigenvalue weighted by atomic mass is 10.2. The van der Waals surface area contributed by atoms with Gasteiger partial charge in [0, 0.05) is 13.6 Å². The Morgan fingerprint density at radius 3 is 2.64 bits per heavy atom. The SMILES string of the molecule is CNC(=O)Nn1c(C(=O)NCCCN(C)C)nc2ccccc2c1=O. The predicted octanol–water partition coefficient (Wildman–Crippen LogP) is -0.0391. The van der Waals surface area contributed by atoms with Crippen LogP contribution in [0.2, 0.25) is 0 Å². The Bertz CT molecular complexity index is 830. The third-order valence-corrected chi connectivity index (χ3v) is 3.49. The number of carbonyl (C=O) groups excluding carboxylic acids is 2. The second kappa shape index (κ2) is 8.25. The van der Waals surface area contributed by atoms with Gasteiger partial charge in [0.2, 0.25) is 5.82 Å². The normalized spacial score (nSPS) is 10.7. The Morgan fingerprint density at radius 2 is 1.96 bits per heavy atom. The lowest BCUT2D eigenvalue weighted by Crippen LogP contribution is -2.43. The van der Waals surface area contributed by atoms with Gasteiger partial charge in [-0.2, -0.15) is 4.68 Å². The summed E-state index contributed by atoms with van der Waals surface area (Å²) in [5, 5.41) is 5.37. The quantitative estimate of drug-likeness (QED) is 0.636. The van der Waals surface area contributed by atoms with E-state index in [9.17, 15) is 14.4 Å². The largest absolute Gasteiger partial charge is 0.349 e. The van der Waals surface area contributed by atoms with Crippen LogP contribution in [0.4, 0.5) is 4.79 Å². The van der Waals surface area contributed by atoms with Crippen LogP contribution in [-0.2, 0) is 0 Å². The maximum absolute atomic E-state index is 12.6. The molecule has 0 unspecified atom stereocenters. The molecule has 3 N–H and O–H groups in total. The van der Waals surface area contributed by atoms with E-state index in [1.54, 1.807) is 24.3 Å². The number of rotatable bonds is 6. The van der Waals surface area contributed by atoms with E-state index in [1.165, 1.54) is 7.05 Å². The number of amides is 3. The Kier molecular flexibility index (Phi) is 6.07. The zero-order chi connectivity index (χ0) is 18.4. The molecule has 0 saturated carbocycles. The van der Waals surface area contributed by atoms with Crippen molar-refractivity contribution >= 4 is 22.8 Å². The topological polar surface area (TPSA) is 108 Å². The van der Waals surface area contributed by atoms with Gasteiger partial charge in [-0.1, -0.05) is 12.1 Å². The monoisotopic (exact) mass is 346 g/mol. The molecule has 0 bridgehead atoms. The van der Waals surface area contributed by atoms with E-state index in [2.05, 4.69) is 21.0 Å². The molecule has 9 heteroatoms. The molecule has 0 saturated heterocycles. The van der Waals surface area contributed by atoms with E-state index in [-0.39, 0.29) is 5.82 Å². The predicted molar refractivity (Wildman–Crippen MR) is 95.3 cm³/mol. The molecule has 9 nitrogen and oxygen atoms in total. The van der Waals surface area contributed by atoms with Gasteiger partial charge in [0.1, 0.15) is 0 Å². The van der Waals surface area contributed by atoms with Gasteiger partial charge in [-0.25, -0.2) is 15.2 Å². The standard InChI is InChI=1S/C16H22N6O3/c1-17-16(25)20-22-13(14(23)18-9-6-10-21(2)3)19-12-8-5-4-7-11(12)15(22)24/h4-5,7-8H,6,9-10H2,1-3H3,(H,18,23)(H2,17,20,25). The molecule has 0 aliphatic heterocycles. The number of benzene rings is 1. The van der Waals surface area contributed by atoms with Gasteiger partial charge < -0.3 is 15.5 Å². The Labute approximate surface area is 145 Å². The second-order valence-corrected chi connectivity index (χ2v) is 5.70. The van der Waals surface area contributed by atoms with E-state index in [1.807, 2.05) is 19.0 Å². The summed E-state index contributed by atoms with van der Waals surface area (Å²) in [5.41, 5.74) is 2.20. The fourth-order valence-corrected chi connectivity index (χ4v) is 2.22. The van der Waals surface area contributed by atoms with Crippen molar-refractivity contribution in [2.75, 3.05) is 39.7 Å². The van der Waals surface area contributed by atoms with E-state index in [4.69, 9.17) is 0 Å². The number of carbonyl (C=O) groups is 2. The number of nitrogens with zero attached hydrogens (tertiary/aromatic N) is 3. The molecular weight excluding hydrogens is 324 g/mol. The minimum absolute atomic E-state index is 0.169. The first-order valence-electron chi connectivity index (χ1n) is 7.87. The van der Waals surface area contributed by atoms with Gasteiger partial charge >= 0.3 is 6.03 Å². The zero-order valence-corrected chi connectivity index (χ0v) is 14.5. The molecule has 2 rings (SSSR count). The van der Waals surface area contributed by atoms with Crippen molar-refractivity contribution in [3.05, 3.63) is 40.4 Å². The molecule has 0 aliphatic rings. The maximum atomic E-state index is 12.6. The Hall–Kier alpha value is -2.94. The first-order valence-corrected chi connectivity index (χ1v) is 7.87. The molecule has 0 aliphatic carbocycles. The van der Waals surface area contributed by atoms with E-state index < -0.39 is 17.5 Å². The Morgan fingerprint density at radius 1 is 1.24 bits per heavy atom. The van der Waals surface area contributed by atoms with Crippen molar-refractivity contribution in [1.82, 2.24) is 25.2 Å². The molecular formula is C16H22N6O3. The van der Waals surface area contributed by atoms with Gasteiger partial charge in [0.25, 0.3) is 11.5 Å². The smallest absolute Gasteiger partial charge is 0.333 e. The fraction of sp³-hybridized carbons (Fsp3) is 0.375. The average molecular weight is 346 g/mol. The summed E-state index contributed by atoms with van der Waals surface area (Å²) in [6, 6.07) is 6.02. The molecule has 1 aromatic carbocycles. The number of nitrogens with one attached hydrogen (secondary N) is 3. The van der Waals surface area contributed by atoms with Crippen LogP contribution in [0.5, 0.6) is 0 Å². The summed E-state index contributed by atoms with van der Waals surface area (Å²) >= 11 is 0. The van der Waals surface area contributed by atoms with Gasteiger partial charge in [-0.3, -0.25) is 9.59 Å². The maximum Gasteiger partial charge on any atom is 0.333 e. The van der Waals surface area contributed by atoms with Crippen molar-refractivity contribution in [2.45, 2.75) is 6.42 Å². The summed E-state index contributed by atoms with van der Waals surface area (Å²) in [5.74, 6) is -0.699. The molecule has 134 valence electrons. The average Bonchev–Trinajstić information content (AvgIpc) is 2.60. The van der Waals surface area contributed by atoms with Crippen molar-refractivity contribution in [2.24, 2.45) is 0 Å². The van der Waals surface area contributed by atoms with Crippen molar-refractivity contribution in [3.63, 3.8) is 0 Å². The lowest BCUT2D eigenvalue weighted by Gasteiger charge is -2.14. The van der Waals surface area contributed by atoms with Crippen LogP contribution in [-0.4, -0.2) is 60.7 Å². The van der Waals surface area contributed by atoms with Crippen LogP contribution in [0.25, 0.3) is 10.9 Å². The number of hydrogen-bond acceptors (Lipinski definition) is 5. The number of hydrogen-bond donors (Lipinski definition) is 3. The van der Waals surface area contributed by atoms with Crippen LogP contribution in [0.15, 0.2) is 29.1 Å². The van der Waals surface area contributed by atoms with Crippen LogP contribution in [0.1, 0.15) is 17.0 Å². The van der Waals surface area contributed by atoms with E-state index in [0.717, 1.165) is 17.6 Å². The summed E-state index contributed by atoms with van der Waals surface area (Å²) in [6.07, 6.45) is 0.749. The molecule has 2 aromatic rings. The fourth-order valence-electron chi connectivity index (χ4n) is 2.22. The Balaban J connectivity index is 2.35. The van der Waals surface area contributed by atoms with E-state index >= 15 is 0 Å².